The van der Waals surface area contributed by atoms with Crippen molar-refractivity contribution < 1.29 is 4.74 Å². The van der Waals surface area contributed by atoms with Crippen LogP contribution in [0, 0.1) is 0 Å². The summed E-state index contributed by atoms with van der Waals surface area (Å²) in [5, 5.41) is 3.91. The van der Waals surface area contributed by atoms with Crippen LogP contribution in [-0.4, -0.2) is 29.6 Å². The second kappa shape index (κ2) is 4.20. The first-order valence-corrected chi connectivity index (χ1v) is 6.09. The maximum atomic E-state index is 6.16. The van der Waals surface area contributed by atoms with Gasteiger partial charge in [-0.3, -0.25) is 4.40 Å². The number of nitrogens with zero attached hydrogens (tertiary/aromatic N) is 2. The zero-order chi connectivity index (χ0) is 11.8. The summed E-state index contributed by atoms with van der Waals surface area (Å²) in [7, 11) is 1.66. The smallest absolute Gasteiger partial charge is 0.155 e. The number of pyridine rings is 1. The highest BCUT2D eigenvalue weighted by molar-refractivity contribution is 6.32. The molecule has 0 aliphatic carbocycles. The number of methoxy groups -OCH3 is 1. The van der Waals surface area contributed by atoms with Crippen molar-refractivity contribution in [3.8, 4) is 5.75 Å². The summed E-state index contributed by atoms with van der Waals surface area (Å²) in [5.74, 6) is 2.27. The lowest BCUT2D eigenvalue weighted by Gasteiger charge is -2.08. The number of halogens is 1. The Morgan fingerprint density at radius 1 is 1.53 bits per heavy atom. The number of hydrogen-bond donors (Lipinski definition) is 1. The molecule has 3 rings (SSSR count). The van der Waals surface area contributed by atoms with Gasteiger partial charge in [-0.1, -0.05) is 11.6 Å². The molecule has 2 aromatic rings. The van der Waals surface area contributed by atoms with Crippen LogP contribution < -0.4 is 10.1 Å². The van der Waals surface area contributed by atoms with Crippen LogP contribution >= 0.6 is 11.6 Å². The molecule has 1 fully saturated rings. The van der Waals surface area contributed by atoms with E-state index in [2.05, 4.69) is 10.3 Å². The van der Waals surface area contributed by atoms with Crippen LogP contribution in [0.4, 0.5) is 0 Å². The fourth-order valence-electron chi connectivity index (χ4n) is 2.33. The summed E-state index contributed by atoms with van der Waals surface area (Å²) in [6, 6.07) is 3.85. The number of fused-ring (bicyclic) bond motifs is 1. The Morgan fingerprint density at radius 3 is 3.12 bits per heavy atom. The molecule has 5 heteroatoms. The minimum absolute atomic E-state index is 0.433. The summed E-state index contributed by atoms with van der Waals surface area (Å²) in [4.78, 5) is 4.48. The van der Waals surface area contributed by atoms with Gasteiger partial charge in [-0.2, -0.15) is 0 Å². The van der Waals surface area contributed by atoms with E-state index in [4.69, 9.17) is 16.3 Å². The van der Waals surface area contributed by atoms with Gasteiger partial charge >= 0.3 is 0 Å². The van der Waals surface area contributed by atoms with E-state index < -0.39 is 0 Å². The van der Waals surface area contributed by atoms with Gasteiger partial charge in [-0.25, -0.2) is 4.98 Å². The molecular weight excluding hydrogens is 238 g/mol. The predicted octanol–water partition coefficient (Wildman–Crippen LogP) is 2.07. The summed E-state index contributed by atoms with van der Waals surface area (Å²) in [6.07, 6.45) is 3.05. The van der Waals surface area contributed by atoms with Crippen molar-refractivity contribution in [2.45, 2.75) is 12.3 Å². The molecule has 1 N–H and O–H groups in total. The molecule has 0 amide bonds. The lowest BCUT2D eigenvalue weighted by Crippen LogP contribution is -2.10. The maximum absolute atomic E-state index is 6.16. The Bertz CT molecular complexity index is 546. The van der Waals surface area contributed by atoms with E-state index in [9.17, 15) is 0 Å². The topological polar surface area (TPSA) is 38.6 Å². The van der Waals surface area contributed by atoms with Crippen LogP contribution in [0.3, 0.4) is 0 Å². The van der Waals surface area contributed by atoms with E-state index in [1.807, 2.05) is 22.7 Å². The third kappa shape index (κ3) is 1.77. The average molecular weight is 252 g/mol. The van der Waals surface area contributed by atoms with Gasteiger partial charge in [-0.15, -0.1) is 0 Å². The number of nitrogens with one attached hydrogen (secondary N) is 1. The van der Waals surface area contributed by atoms with Gasteiger partial charge < -0.3 is 10.1 Å². The molecular formula is C12H14ClN3O. The van der Waals surface area contributed by atoms with Crippen molar-refractivity contribution in [1.29, 1.82) is 0 Å². The molecule has 1 unspecified atom stereocenters. The molecule has 3 heterocycles. The number of ether oxygens (including phenoxy) is 1. The molecule has 4 nitrogen and oxygen atoms in total. The number of rotatable bonds is 2. The number of aromatic nitrogens is 2. The van der Waals surface area contributed by atoms with Crippen LogP contribution in [-0.2, 0) is 0 Å². The Hall–Kier alpha value is -1.26. The van der Waals surface area contributed by atoms with Gasteiger partial charge in [0.1, 0.15) is 11.6 Å². The van der Waals surface area contributed by atoms with Crippen molar-refractivity contribution in [3.63, 3.8) is 0 Å². The molecule has 1 aliphatic rings. The third-order valence-corrected chi connectivity index (χ3v) is 3.53. The van der Waals surface area contributed by atoms with Crippen LogP contribution in [0.2, 0.25) is 5.15 Å². The normalized spacial score (nSPS) is 20.0. The summed E-state index contributed by atoms with van der Waals surface area (Å²) >= 11 is 6.16. The van der Waals surface area contributed by atoms with E-state index in [0.29, 0.717) is 11.1 Å². The minimum Gasteiger partial charge on any atom is -0.495 e. The first kappa shape index (κ1) is 10.9. The lowest BCUT2D eigenvalue weighted by molar-refractivity contribution is 0.412. The Kier molecular flexibility index (Phi) is 2.68. The quantitative estimate of drug-likeness (QED) is 0.888. The Morgan fingerprint density at radius 2 is 2.41 bits per heavy atom. The van der Waals surface area contributed by atoms with Crippen molar-refractivity contribution >= 4 is 17.1 Å². The molecule has 2 aromatic heterocycles. The van der Waals surface area contributed by atoms with E-state index in [0.717, 1.165) is 36.6 Å². The van der Waals surface area contributed by atoms with Crippen molar-refractivity contribution in [3.05, 3.63) is 29.3 Å². The van der Waals surface area contributed by atoms with Gasteiger partial charge in [0, 0.05) is 12.5 Å². The van der Waals surface area contributed by atoms with Gasteiger partial charge in [-0.05, 0) is 25.1 Å². The van der Waals surface area contributed by atoms with E-state index in [-0.39, 0.29) is 0 Å². The molecule has 0 aromatic carbocycles. The Balaban J connectivity index is 2.16. The van der Waals surface area contributed by atoms with E-state index in [1.54, 1.807) is 7.11 Å². The fraction of sp³-hybridized carbons (Fsp3) is 0.417. The standard InChI is InChI=1S/C12H14ClN3O/c1-17-9-2-3-10-11(13)15-12(16(10)7-9)8-4-5-14-6-8/h2-3,7-8,14H,4-6H2,1H3. The van der Waals surface area contributed by atoms with Gasteiger partial charge in [0.15, 0.2) is 5.15 Å². The first-order chi connectivity index (χ1) is 8.29. The lowest BCUT2D eigenvalue weighted by atomic mass is 10.1. The SMILES string of the molecule is COc1ccc2c(Cl)nc(C3CCNC3)n2c1. The summed E-state index contributed by atoms with van der Waals surface area (Å²) in [5.41, 5.74) is 0.939. The second-order valence-corrected chi connectivity index (χ2v) is 4.63. The molecule has 0 bridgehead atoms. The Labute approximate surface area is 105 Å². The van der Waals surface area contributed by atoms with Crippen LogP contribution in [0.1, 0.15) is 18.2 Å². The number of hydrogen-bond acceptors (Lipinski definition) is 3. The minimum atomic E-state index is 0.433. The zero-order valence-corrected chi connectivity index (χ0v) is 10.4. The highest BCUT2D eigenvalue weighted by Crippen LogP contribution is 2.28. The monoisotopic (exact) mass is 251 g/mol. The van der Waals surface area contributed by atoms with Crippen molar-refractivity contribution in [2.75, 3.05) is 20.2 Å². The summed E-state index contributed by atoms with van der Waals surface area (Å²) < 4.78 is 7.28. The highest BCUT2D eigenvalue weighted by Gasteiger charge is 2.22. The average Bonchev–Trinajstić information content (AvgIpc) is 2.97. The largest absolute Gasteiger partial charge is 0.495 e. The number of imidazole rings is 1. The maximum Gasteiger partial charge on any atom is 0.155 e. The highest BCUT2D eigenvalue weighted by atomic mass is 35.5. The van der Waals surface area contributed by atoms with Crippen molar-refractivity contribution in [1.82, 2.24) is 14.7 Å². The molecule has 0 spiro atoms. The van der Waals surface area contributed by atoms with E-state index in [1.165, 1.54) is 0 Å². The molecule has 1 atom stereocenters. The first-order valence-electron chi connectivity index (χ1n) is 5.72. The van der Waals surface area contributed by atoms with Gasteiger partial charge in [0.05, 0.1) is 18.8 Å². The van der Waals surface area contributed by atoms with Gasteiger partial charge in [0.2, 0.25) is 0 Å². The summed E-state index contributed by atoms with van der Waals surface area (Å²) in [6.45, 7) is 2.01. The van der Waals surface area contributed by atoms with Crippen LogP contribution in [0.25, 0.3) is 5.52 Å². The molecule has 0 radical (unpaired) electrons. The van der Waals surface area contributed by atoms with E-state index >= 15 is 0 Å². The van der Waals surface area contributed by atoms with Crippen molar-refractivity contribution in [2.24, 2.45) is 0 Å². The third-order valence-electron chi connectivity index (χ3n) is 3.25. The fourth-order valence-corrected chi connectivity index (χ4v) is 2.58. The molecule has 17 heavy (non-hydrogen) atoms. The van der Waals surface area contributed by atoms with Crippen LogP contribution in [0.15, 0.2) is 18.3 Å². The molecule has 0 saturated carbocycles. The van der Waals surface area contributed by atoms with Gasteiger partial charge in [0.25, 0.3) is 0 Å². The molecule has 1 saturated heterocycles. The predicted molar refractivity (Wildman–Crippen MR) is 67.0 cm³/mol. The molecule has 1 aliphatic heterocycles. The molecule has 90 valence electrons. The second-order valence-electron chi connectivity index (χ2n) is 4.27. The van der Waals surface area contributed by atoms with Crippen LogP contribution in [0.5, 0.6) is 5.75 Å². The zero-order valence-electron chi connectivity index (χ0n) is 9.61.